The summed E-state index contributed by atoms with van der Waals surface area (Å²) >= 11 is 0. The van der Waals surface area contributed by atoms with Crippen molar-refractivity contribution in [2.24, 2.45) is 5.92 Å². The van der Waals surface area contributed by atoms with Crippen LogP contribution in [0, 0.1) is 17.2 Å². The van der Waals surface area contributed by atoms with Crippen LogP contribution in [-0.4, -0.2) is 41.8 Å². The largest absolute Gasteiger partial charge is 0.367 e. The zero-order chi connectivity index (χ0) is 13.5. The SMILES string of the molecule is CC(C)CC(CNc1ccc(C#N)nn1)N(C)C. The summed E-state index contributed by atoms with van der Waals surface area (Å²) in [5, 5.41) is 19.6. The van der Waals surface area contributed by atoms with E-state index < -0.39 is 0 Å². The van der Waals surface area contributed by atoms with Gasteiger partial charge < -0.3 is 10.2 Å². The summed E-state index contributed by atoms with van der Waals surface area (Å²) in [5.74, 6) is 1.37. The fourth-order valence-corrected chi connectivity index (χ4v) is 1.73. The standard InChI is InChI=1S/C13H21N5/c1-10(2)7-12(18(3)4)9-15-13-6-5-11(8-14)16-17-13/h5-6,10,12H,7,9H2,1-4H3,(H,15,17). The molecule has 0 aliphatic rings. The first kappa shape index (κ1) is 14.4. The minimum atomic E-state index is 0.340. The van der Waals surface area contributed by atoms with Gasteiger partial charge in [0.25, 0.3) is 0 Å². The minimum Gasteiger partial charge on any atom is -0.367 e. The molecule has 5 nitrogen and oxygen atoms in total. The number of hydrogen-bond donors (Lipinski definition) is 1. The van der Waals surface area contributed by atoms with Crippen LogP contribution < -0.4 is 5.32 Å². The van der Waals surface area contributed by atoms with Crippen LogP contribution in [0.25, 0.3) is 0 Å². The molecule has 1 aromatic heterocycles. The van der Waals surface area contributed by atoms with E-state index in [1.54, 1.807) is 12.1 Å². The molecule has 0 amide bonds. The average molecular weight is 247 g/mol. The first-order chi connectivity index (χ1) is 8.52. The number of nitrogens with one attached hydrogen (secondary N) is 1. The highest BCUT2D eigenvalue weighted by Crippen LogP contribution is 2.10. The summed E-state index contributed by atoms with van der Waals surface area (Å²) in [6.07, 6.45) is 1.13. The molecule has 0 saturated carbocycles. The van der Waals surface area contributed by atoms with Crippen molar-refractivity contribution in [1.82, 2.24) is 15.1 Å². The summed E-state index contributed by atoms with van der Waals surface area (Å²) in [6, 6.07) is 5.87. The molecule has 0 fully saturated rings. The van der Waals surface area contributed by atoms with Crippen molar-refractivity contribution in [3.8, 4) is 6.07 Å². The maximum Gasteiger partial charge on any atom is 0.163 e. The fraction of sp³-hybridized carbons (Fsp3) is 0.615. The third-order valence-corrected chi connectivity index (χ3v) is 2.77. The third-order valence-electron chi connectivity index (χ3n) is 2.77. The second-order valence-corrected chi connectivity index (χ2v) is 5.04. The second-order valence-electron chi connectivity index (χ2n) is 5.04. The van der Waals surface area contributed by atoms with Crippen LogP contribution in [0.15, 0.2) is 12.1 Å². The van der Waals surface area contributed by atoms with Gasteiger partial charge in [-0.1, -0.05) is 13.8 Å². The highest BCUT2D eigenvalue weighted by molar-refractivity contribution is 5.35. The Morgan fingerprint density at radius 2 is 2.06 bits per heavy atom. The zero-order valence-corrected chi connectivity index (χ0v) is 11.5. The number of hydrogen-bond acceptors (Lipinski definition) is 5. The highest BCUT2D eigenvalue weighted by Gasteiger charge is 2.13. The molecule has 0 aliphatic carbocycles. The van der Waals surface area contributed by atoms with Crippen molar-refractivity contribution in [3.05, 3.63) is 17.8 Å². The summed E-state index contributed by atoms with van der Waals surface area (Å²) in [5.41, 5.74) is 0.340. The molecule has 0 spiro atoms. The molecule has 1 atom stereocenters. The van der Waals surface area contributed by atoms with Crippen molar-refractivity contribution in [2.75, 3.05) is 26.0 Å². The highest BCUT2D eigenvalue weighted by atomic mass is 15.2. The first-order valence-electron chi connectivity index (χ1n) is 6.17. The monoisotopic (exact) mass is 247 g/mol. The van der Waals surface area contributed by atoms with E-state index in [0.717, 1.165) is 13.0 Å². The molecule has 98 valence electrons. The van der Waals surface area contributed by atoms with E-state index in [1.807, 2.05) is 6.07 Å². The molecule has 0 bridgehead atoms. The Morgan fingerprint density at radius 3 is 2.50 bits per heavy atom. The van der Waals surface area contributed by atoms with Gasteiger partial charge in [0.2, 0.25) is 0 Å². The molecule has 1 unspecified atom stereocenters. The number of anilines is 1. The van der Waals surface area contributed by atoms with Crippen molar-refractivity contribution < 1.29 is 0 Å². The Balaban J connectivity index is 2.53. The fourth-order valence-electron chi connectivity index (χ4n) is 1.73. The van der Waals surface area contributed by atoms with Gasteiger partial charge >= 0.3 is 0 Å². The number of likely N-dealkylation sites (N-methyl/N-ethyl adjacent to an activating group) is 1. The summed E-state index contributed by atoms with van der Waals surface area (Å²) in [7, 11) is 4.17. The zero-order valence-electron chi connectivity index (χ0n) is 11.5. The van der Waals surface area contributed by atoms with Crippen LogP contribution in [0.5, 0.6) is 0 Å². The van der Waals surface area contributed by atoms with Gasteiger partial charge in [-0.15, -0.1) is 10.2 Å². The predicted octanol–water partition coefficient (Wildman–Crippen LogP) is 1.74. The predicted molar refractivity (Wildman–Crippen MR) is 72.2 cm³/mol. The summed E-state index contributed by atoms with van der Waals surface area (Å²) in [4.78, 5) is 2.21. The minimum absolute atomic E-state index is 0.340. The molecular weight excluding hydrogens is 226 g/mol. The molecule has 0 saturated heterocycles. The van der Waals surface area contributed by atoms with Crippen molar-refractivity contribution >= 4 is 5.82 Å². The molecule has 18 heavy (non-hydrogen) atoms. The van der Waals surface area contributed by atoms with Gasteiger partial charge in [0.1, 0.15) is 11.9 Å². The molecule has 5 heteroatoms. The van der Waals surface area contributed by atoms with Gasteiger partial charge in [-0.2, -0.15) is 5.26 Å². The van der Waals surface area contributed by atoms with Crippen LogP contribution in [0.3, 0.4) is 0 Å². The molecule has 1 aromatic rings. The van der Waals surface area contributed by atoms with Gasteiger partial charge in [0.05, 0.1) is 0 Å². The number of nitrogens with zero attached hydrogens (tertiary/aromatic N) is 4. The van der Waals surface area contributed by atoms with E-state index in [0.29, 0.717) is 23.5 Å². The lowest BCUT2D eigenvalue weighted by molar-refractivity contribution is 0.265. The van der Waals surface area contributed by atoms with E-state index in [1.165, 1.54) is 0 Å². The van der Waals surface area contributed by atoms with Gasteiger partial charge in [0, 0.05) is 12.6 Å². The van der Waals surface area contributed by atoms with Crippen LogP contribution in [-0.2, 0) is 0 Å². The number of rotatable bonds is 6. The molecule has 1 N–H and O–H groups in total. The average Bonchev–Trinajstić information content (AvgIpc) is 2.34. The maximum absolute atomic E-state index is 8.64. The van der Waals surface area contributed by atoms with Crippen molar-refractivity contribution in [2.45, 2.75) is 26.3 Å². The summed E-state index contributed by atoms with van der Waals surface area (Å²) < 4.78 is 0. The van der Waals surface area contributed by atoms with Crippen molar-refractivity contribution in [3.63, 3.8) is 0 Å². The molecule has 0 radical (unpaired) electrons. The van der Waals surface area contributed by atoms with Crippen LogP contribution in [0.2, 0.25) is 0 Å². The van der Waals surface area contributed by atoms with Gasteiger partial charge in [0.15, 0.2) is 5.69 Å². The van der Waals surface area contributed by atoms with Crippen LogP contribution >= 0.6 is 0 Å². The lowest BCUT2D eigenvalue weighted by Gasteiger charge is -2.26. The Kier molecular flexibility index (Phi) is 5.53. The van der Waals surface area contributed by atoms with Gasteiger partial charge in [-0.3, -0.25) is 0 Å². The van der Waals surface area contributed by atoms with E-state index in [-0.39, 0.29) is 0 Å². The molecule has 1 rings (SSSR count). The Hall–Kier alpha value is -1.67. The molecular formula is C13H21N5. The quantitative estimate of drug-likeness (QED) is 0.829. The topological polar surface area (TPSA) is 64.8 Å². The first-order valence-corrected chi connectivity index (χ1v) is 6.17. The van der Waals surface area contributed by atoms with Crippen molar-refractivity contribution in [1.29, 1.82) is 5.26 Å². The third kappa shape index (κ3) is 4.68. The van der Waals surface area contributed by atoms with E-state index in [9.17, 15) is 0 Å². The van der Waals surface area contributed by atoms with E-state index in [4.69, 9.17) is 5.26 Å². The number of nitriles is 1. The van der Waals surface area contributed by atoms with E-state index >= 15 is 0 Å². The van der Waals surface area contributed by atoms with Crippen LogP contribution in [0.4, 0.5) is 5.82 Å². The Labute approximate surface area is 109 Å². The lowest BCUT2D eigenvalue weighted by atomic mass is 10.0. The molecule has 0 aromatic carbocycles. The Morgan fingerprint density at radius 1 is 1.33 bits per heavy atom. The van der Waals surface area contributed by atoms with Crippen LogP contribution in [0.1, 0.15) is 26.0 Å². The normalized spacial score (nSPS) is 12.5. The Bertz CT molecular complexity index is 391. The van der Waals surface area contributed by atoms with Gasteiger partial charge in [-0.25, -0.2) is 0 Å². The smallest absolute Gasteiger partial charge is 0.163 e. The summed E-state index contributed by atoms with van der Waals surface area (Å²) in [6.45, 7) is 5.27. The lowest BCUT2D eigenvalue weighted by Crippen LogP contribution is -2.35. The molecule has 0 aliphatic heterocycles. The maximum atomic E-state index is 8.64. The van der Waals surface area contributed by atoms with Gasteiger partial charge in [-0.05, 0) is 38.6 Å². The number of aromatic nitrogens is 2. The van der Waals surface area contributed by atoms with E-state index in [2.05, 4.69) is 48.4 Å². The molecule has 1 heterocycles. The second kappa shape index (κ2) is 6.92.